The fraction of sp³-hybridized carbons (Fsp3) is 0.583. The zero-order chi connectivity index (χ0) is 12.8. The summed E-state index contributed by atoms with van der Waals surface area (Å²) in [6.45, 7) is 2.27. The third-order valence-electron chi connectivity index (χ3n) is 3.79. The van der Waals surface area contributed by atoms with Crippen LogP contribution in [0.5, 0.6) is 5.75 Å². The van der Waals surface area contributed by atoms with Gasteiger partial charge in [0.05, 0.1) is 12.8 Å². The maximum Gasteiger partial charge on any atom is 0.420 e. The highest BCUT2D eigenvalue weighted by molar-refractivity contribution is 5.32. The molecule has 1 N–H and O–H groups in total. The molecule has 0 aromatic carbocycles. The molecule has 1 aliphatic heterocycles. The molecule has 1 saturated heterocycles. The molecule has 0 radical (unpaired) electrons. The number of hydrogen-bond acceptors (Lipinski definition) is 3. The van der Waals surface area contributed by atoms with Gasteiger partial charge in [-0.3, -0.25) is 4.98 Å². The summed E-state index contributed by atoms with van der Waals surface area (Å²) in [5.74, 6) is 1.39. The lowest BCUT2D eigenvalue weighted by atomic mass is 10.2. The van der Waals surface area contributed by atoms with Gasteiger partial charge in [-0.15, -0.1) is 0 Å². The van der Waals surface area contributed by atoms with Crippen LogP contribution in [0.3, 0.4) is 0 Å². The Morgan fingerprint density at radius 2 is 2.06 bits per heavy atom. The van der Waals surface area contributed by atoms with E-state index in [0.29, 0.717) is 24.4 Å². The Balaban J connectivity index is 1.66. The SMILES string of the molecule is FC(F)(F)c1ccncc1OCC1C2CNCC21. The van der Waals surface area contributed by atoms with Gasteiger partial charge in [-0.05, 0) is 31.0 Å². The summed E-state index contributed by atoms with van der Waals surface area (Å²) in [7, 11) is 0. The first-order chi connectivity index (χ1) is 8.57. The lowest BCUT2D eigenvalue weighted by Gasteiger charge is -2.13. The molecular formula is C12H13F3N2O. The molecular weight excluding hydrogens is 245 g/mol. The van der Waals surface area contributed by atoms with Gasteiger partial charge in [0.1, 0.15) is 11.3 Å². The van der Waals surface area contributed by atoms with Crippen LogP contribution < -0.4 is 10.1 Å². The Kier molecular flexibility index (Phi) is 2.69. The van der Waals surface area contributed by atoms with Gasteiger partial charge in [-0.25, -0.2) is 0 Å². The summed E-state index contributed by atoms with van der Waals surface area (Å²) in [4.78, 5) is 3.69. The Labute approximate surface area is 102 Å². The van der Waals surface area contributed by atoms with Crippen LogP contribution in [0.1, 0.15) is 5.56 Å². The molecule has 18 heavy (non-hydrogen) atoms. The van der Waals surface area contributed by atoms with Gasteiger partial charge < -0.3 is 10.1 Å². The number of rotatable bonds is 3. The first-order valence-electron chi connectivity index (χ1n) is 5.92. The van der Waals surface area contributed by atoms with E-state index in [1.54, 1.807) is 0 Å². The first kappa shape index (κ1) is 11.8. The molecule has 2 fully saturated rings. The molecule has 6 heteroatoms. The van der Waals surface area contributed by atoms with Crippen molar-refractivity contribution in [1.82, 2.24) is 10.3 Å². The fourth-order valence-electron chi connectivity index (χ4n) is 2.71. The predicted octanol–water partition coefficient (Wildman–Crippen LogP) is 1.94. The van der Waals surface area contributed by atoms with E-state index >= 15 is 0 Å². The second kappa shape index (κ2) is 4.12. The molecule has 0 bridgehead atoms. The second-order valence-electron chi connectivity index (χ2n) is 4.83. The summed E-state index contributed by atoms with van der Waals surface area (Å²) in [5.41, 5.74) is -0.749. The Morgan fingerprint density at radius 3 is 2.72 bits per heavy atom. The number of pyridine rings is 1. The van der Waals surface area contributed by atoms with Gasteiger partial charge in [-0.1, -0.05) is 0 Å². The molecule has 2 unspecified atom stereocenters. The second-order valence-corrected chi connectivity index (χ2v) is 4.83. The topological polar surface area (TPSA) is 34.1 Å². The third-order valence-corrected chi connectivity index (χ3v) is 3.79. The number of alkyl halides is 3. The average Bonchev–Trinajstić information content (AvgIpc) is 2.77. The highest BCUT2D eigenvalue weighted by Gasteiger charge is 2.53. The lowest BCUT2D eigenvalue weighted by molar-refractivity contribution is -0.139. The Hall–Kier alpha value is -1.30. The predicted molar refractivity (Wildman–Crippen MR) is 58.1 cm³/mol. The van der Waals surface area contributed by atoms with E-state index in [-0.39, 0.29) is 5.75 Å². The van der Waals surface area contributed by atoms with Crippen molar-refractivity contribution in [2.75, 3.05) is 19.7 Å². The van der Waals surface area contributed by atoms with Crippen LogP contribution in [0.25, 0.3) is 0 Å². The van der Waals surface area contributed by atoms with Crippen molar-refractivity contribution in [3.8, 4) is 5.75 Å². The molecule has 2 heterocycles. The minimum atomic E-state index is -4.39. The molecule has 1 aliphatic carbocycles. The maximum absolute atomic E-state index is 12.7. The minimum absolute atomic E-state index is 0.164. The number of fused-ring (bicyclic) bond motifs is 1. The van der Waals surface area contributed by atoms with Crippen molar-refractivity contribution in [2.45, 2.75) is 6.18 Å². The number of hydrogen-bond donors (Lipinski definition) is 1. The molecule has 3 nitrogen and oxygen atoms in total. The molecule has 2 atom stereocenters. The number of nitrogens with one attached hydrogen (secondary N) is 1. The van der Waals surface area contributed by atoms with E-state index in [1.807, 2.05) is 0 Å². The van der Waals surface area contributed by atoms with Crippen molar-refractivity contribution < 1.29 is 17.9 Å². The van der Waals surface area contributed by atoms with E-state index < -0.39 is 11.7 Å². The van der Waals surface area contributed by atoms with Gasteiger partial charge in [0.2, 0.25) is 0 Å². The van der Waals surface area contributed by atoms with Gasteiger partial charge in [0, 0.05) is 12.1 Å². The van der Waals surface area contributed by atoms with Crippen molar-refractivity contribution in [3.05, 3.63) is 24.0 Å². The summed E-state index contributed by atoms with van der Waals surface area (Å²) >= 11 is 0. The van der Waals surface area contributed by atoms with Crippen molar-refractivity contribution >= 4 is 0 Å². The largest absolute Gasteiger partial charge is 0.491 e. The smallest absolute Gasteiger partial charge is 0.420 e. The zero-order valence-corrected chi connectivity index (χ0v) is 9.57. The zero-order valence-electron chi connectivity index (χ0n) is 9.57. The molecule has 3 rings (SSSR count). The Morgan fingerprint density at radius 1 is 1.33 bits per heavy atom. The summed E-state index contributed by atoms with van der Waals surface area (Å²) < 4.78 is 43.4. The van der Waals surface area contributed by atoms with Crippen LogP contribution in [0, 0.1) is 17.8 Å². The van der Waals surface area contributed by atoms with Crippen LogP contribution in [0.2, 0.25) is 0 Å². The van der Waals surface area contributed by atoms with Gasteiger partial charge in [0.25, 0.3) is 0 Å². The van der Waals surface area contributed by atoms with Crippen molar-refractivity contribution in [2.24, 2.45) is 17.8 Å². The number of nitrogens with zero attached hydrogens (tertiary/aromatic N) is 1. The molecule has 2 aliphatic rings. The molecule has 1 aromatic heterocycles. The van der Waals surface area contributed by atoms with Crippen molar-refractivity contribution in [3.63, 3.8) is 0 Å². The molecule has 98 valence electrons. The van der Waals surface area contributed by atoms with Crippen LogP contribution >= 0.6 is 0 Å². The van der Waals surface area contributed by atoms with Gasteiger partial charge >= 0.3 is 6.18 Å². The summed E-state index contributed by atoms with van der Waals surface area (Å²) in [6.07, 6.45) is -2.12. The molecule has 1 saturated carbocycles. The number of ether oxygens (including phenoxy) is 1. The van der Waals surface area contributed by atoms with Crippen LogP contribution in [-0.4, -0.2) is 24.7 Å². The van der Waals surface area contributed by atoms with Crippen molar-refractivity contribution in [1.29, 1.82) is 0 Å². The van der Waals surface area contributed by atoms with Gasteiger partial charge in [-0.2, -0.15) is 13.2 Å². The number of aromatic nitrogens is 1. The average molecular weight is 258 g/mol. The maximum atomic E-state index is 12.7. The molecule has 0 spiro atoms. The van der Waals surface area contributed by atoms with E-state index in [1.165, 1.54) is 0 Å². The Bertz CT molecular complexity index is 439. The third kappa shape index (κ3) is 2.05. The van der Waals surface area contributed by atoms with Crippen LogP contribution in [-0.2, 0) is 6.18 Å². The number of halogens is 3. The summed E-state index contributed by atoms with van der Waals surface area (Å²) in [5, 5.41) is 3.24. The van der Waals surface area contributed by atoms with E-state index in [9.17, 15) is 13.2 Å². The summed E-state index contributed by atoms with van der Waals surface area (Å²) in [6, 6.07) is 0.949. The quantitative estimate of drug-likeness (QED) is 0.899. The van der Waals surface area contributed by atoms with Crippen LogP contribution in [0.15, 0.2) is 18.5 Å². The van der Waals surface area contributed by atoms with Gasteiger partial charge in [0.15, 0.2) is 0 Å². The fourth-order valence-corrected chi connectivity index (χ4v) is 2.71. The standard InChI is InChI=1S/C12H13F3N2O/c13-12(14,15)10-1-2-16-5-11(10)18-6-9-7-3-17-4-8(7)9/h1-2,5,7-9,17H,3-4,6H2. The molecule has 0 amide bonds. The van der Waals surface area contributed by atoms with Crippen LogP contribution in [0.4, 0.5) is 13.2 Å². The lowest BCUT2D eigenvalue weighted by Crippen LogP contribution is -2.18. The van der Waals surface area contributed by atoms with E-state index in [0.717, 1.165) is 31.5 Å². The highest BCUT2D eigenvalue weighted by Crippen LogP contribution is 2.49. The first-order valence-corrected chi connectivity index (χ1v) is 5.92. The normalized spacial score (nSPS) is 30.1. The van der Waals surface area contributed by atoms with E-state index in [4.69, 9.17) is 4.74 Å². The molecule has 1 aromatic rings. The monoisotopic (exact) mass is 258 g/mol. The number of piperidine rings is 1. The highest BCUT2D eigenvalue weighted by atomic mass is 19.4. The minimum Gasteiger partial charge on any atom is -0.491 e. The van der Waals surface area contributed by atoms with E-state index in [2.05, 4.69) is 10.3 Å².